The zero-order valence-electron chi connectivity index (χ0n) is 12.0. The third-order valence-electron chi connectivity index (χ3n) is 3.30. The lowest BCUT2D eigenvalue weighted by Crippen LogP contribution is -2.08. The highest BCUT2D eigenvalue weighted by atomic mass is 32.2. The Bertz CT molecular complexity index is 1020. The molecule has 0 aromatic carbocycles. The maximum atomic E-state index is 11.9. The van der Waals surface area contributed by atoms with Crippen LogP contribution in [-0.2, 0) is 5.75 Å². The van der Waals surface area contributed by atoms with Crippen LogP contribution in [0.15, 0.2) is 37.4 Å². The molecule has 7 nitrogen and oxygen atoms in total. The number of H-pyrrole nitrogens is 2. The van der Waals surface area contributed by atoms with Gasteiger partial charge in [-0.05, 0) is 18.4 Å². The Morgan fingerprint density at radius 1 is 1.39 bits per heavy atom. The van der Waals surface area contributed by atoms with Gasteiger partial charge in [0.1, 0.15) is 11.1 Å². The van der Waals surface area contributed by atoms with E-state index in [9.17, 15) is 4.79 Å². The van der Waals surface area contributed by atoms with E-state index in [0.717, 1.165) is 17.0 Å². The van der Waals surface area contributed by atoms with Gasteiger partial charge in [-0.1, -0.05) is 11.8 Å². The first-order chi connectivity index (χ1) is 11.2. The lowest BCUT2D eigenvalue weighted by molar-refractivity contribution is 0.541. The maximum Gasteiger partial charge on any atom is 0.262 e. The number of aryl methyl sites for hydroxylation is 1. The molecular formula is C14H11N5O2S2. The number of fused-ring (bicyclic) bond motifs is 1. The lowest BCUT2D eigenvalue weighted by atomic mass is 10.3. The van der Waals surface area contributed by atoms with Gasteiger partial charge in [0.05, 0.1) is 11.9 Å². The van der Waals surface area contributed by atoms with E-state index in [0.29, 0.717) is 27.8 Å². The number of thioether (sulfide) groups is 1. The molecule has 0 spiro atoms. The van der Waals surface area contributed by atoms with Gasteiger partial charge in [-0.3, -0.25) is 9.89 Å². The monoisotopic (exact) mass is 345 g/mol. The molecule has 0 aliphatic carbocycles. The van der Waals surface area contributed by atoms with Crippen LogP contribution in [0.1, 0.15) is 11.5 Å². The molecular weight excluding hydrogens is 334 g/mol. The molecule has 0 unspecified atom stereocenters. The maximum absolute atomic E-state index is 11.9. The second-order valence-corrected chi connectivity index (χ2v) is 6.57. The molecule has 0 bridgehead atoms. The van der Waals surface area contributed by atoms with Gasteiger partial charge < -0.3 is 9.40 Å². The minimum atomic E-state index is -0.206. The summed E-state index contributed by atoms with van der Waals surface area (Å²) in [5.41, 5.74) is 2.08. The fourth-order valence-corrected chi connectivity index (χ4v) is 3.59. The van der Waals surface area contributed by atoms with Crippen LogP contribution >= 0.6 is 23.1 Å². The lowest BCUT2D eigenvalue weighted by Gasteiger charge is -1.99. The molecule has 4 rings (SSSR count). The van der Waals surface area contributed by atoms with Crippen molar-refractivity contribution in [2.75, 3.05) is 0 Å². The van der Waals surface area contributed by atoms with Crippen LogP contribution < -0.4 is 5.56 Å². The predicted molar refractivity (Wildman–Crippen MR) is 88.6 cm³/mol. The van der Waals surface area contributed by atoms with Crippen molar-refractivity contribution in [3.05, 3.63) is 44.8 Å². The first kappa shape index (κ1) is 14.2. The zero-order chi connectivity index (χ0) is 15.8. The number of aromatic nitrogens is 5. The quantitative estimate of drug-likeness (QED) is 0.436. The molecule has 23 heavy (non-hydrogen) atoms. The van der Waals surface area contributed by atoms with Gasteiger partial charge in [0.2, 0.25) is 5.89 Å². The third-order valence-corrected chi connectivity index (χ3v) is 4.87. The smallest absolute Gasteiger partial charge is 0.262 e. The van der Waals surface area contributed by atoms with Crippen molar-refractivity contribution in [2.24, 2.45) is 0 Å². The number of aromatic amines is 2. The molecule has 4 aromatic heterocycles. The molecule has 2 N–H and O–H groups in total. The van der Waals surface area contributed by atoms with Crippen molar-refractivity contribution in [3.8, 4) is 11.5 Å². The number of thiophene rings is 1. The molecule has 0 saturated heterocycles. The topological polar surface area (TPSA) is 100 Å². The Morgan fingerprint density at radius 3 is 3.13 bits per heavy atom. The van der Waals surface area contributed by atoms with Gasteiger partial charge in [0.25, 0.3) is 5.56 Å². The van der Waals surface area contributed by atoms with Crippen molar-refractivity contribution in [1.82, 2.24) is 25.1 Å². The van der Waals surface area contributed by atoms with Crippen molar-refractivity contribution >= 4 is 34.1 Å². The van der Waals surface area contributed by atoms with Gasteiger partial charge in [-0.2, -0.15) is 16.4 Å². The average Bonchev–Trinajstić information content (AvgIpc) is 3.25. The van der Waals surface area contributed by atoms with Gasteiger partial charge in [0, 0.05) is 16.7 Å². The summed E-state index contributed by atoms with van der Waals surface area (Å²) < 4.78 is 5.70. The number of nitrogens with one attached hydrogen (secondary N) is 2. The molecule has 4 aromatic rings. The third kappa shape index (κ3) is 2.68. The Hall–Kier alpha value is -2.39. The summed E-state index contributed by atoms with van der Waals surface area (Å²) in [6.07, 6.45) is 1.46. The highest BCUT2D eigenvalue weighted by molar-refractivity contribution is 7.98. The summed E-state index contributed by atoms with van der Waals surface area (Å²) in [5, 5.41) is 11.5. The minimum absolute atomic E-state index is 0.206. The summed E-state index contributed by atoms with van der Waals surface area (Å²) in [6.45, 7) is 1.88. The van der Waals surface area contributed by atoms with E-state index in [-0.39, 0.29) is 5.56 Å². The molecule has 0 amide bonds. The predicted octanol–water partition coefficient (Wildman–Crippen LogP) is 2.96. The normalized spacial score (nSPS) is 11.3. The van der Waals surface area contributed by atoms with Gasteiger partial charge in [0.15, 0.2) is 10.8 Å². The number of nitrogens with zero attached hydrogens (tertiary/aromatic N) is 3. The van der Waals surface area contributed by atoms with E-state index in [2.05, 4.69) is 25.1 Å². The fourth-order valence-electron chi connectivity index (χ4n) is 2.10. The molecule has 0 saturated carbocycles. The second-order valence-electron chi connectivity index (χ2n) is 4.83. The van der Waals surface area contributed by atoms with Crippen molar-refractivity contribution in [3.63, 3.8) is 0 Å². The van der Waals surface area contributed by atoms with E-state index >= 15 is 0 Å². The summed E-state index contributed by atoms with van der Waals surface area (Å²) in [4.78, 5) is 23.5. The Labute approximate surface area is 138 Å². The molecule has 0 aliphatic heterocycles. The molecule has 4 heterocycles. The summed E-state index contributed by atoms with van der Waals surface area (Å²) in [6, 6.07) is 1.97. The van der Waals surface area contributed by atoms with Crippen LogP contribution in [0, 0.1) is 6.92 Å². The standard InChI is InChI=1S/C14H11N5O2S2/c1-7-10(16-13(21-7)8-2-3-22-5-8)6-23-14-17-11-9(4-15-19-11)12(20)18-14/h2-5H,6H2,1H3,(H2,15,17,18,19,20). The fraction of sp³-hybridized carbons (Fsp3) is 0.143. The van der Waals surface area contributed by atoms with E-state index in [1.165, 1.54) is 18.0 Å². The van der Waals surface area contributed by atoms with Crippen molar-refractivity contribution < 1.29 is 4.42 Å². The number of oxazole rings is 1. The summed E-state index contributed by atoms with van der Waals surface area (Å²) in [5.74, 6) is 1.94. The molecule has 0 atom stereocenters. The average molecular weight is 345 g/mol. The molecule has 0 fully saturated rings. The van der Waals surface area contributed by atoms with Crippen LogP contribution in [0.3, 0.4) is 0 Å². The SMILES string of the molecule is Cc1oc(-c2ccsc2)nc1CSc1nc2[nH]ncc2c(=O)[nH]1. The van der Waals surface area contributed by atoms with Crippen LogP contribution in [0.2, 0.25) is 0 Å². The molecule has 0 radical (unpaired) electrons. The van der Waals surface area contributed by atoms with E-state index in [1.54, 1.807) is 11.3 Å². The van der Waals surface area contributed by atoms with Crippen LogP contribution in [0.25, 0.3) is 22.5 Å². The number of hydrogen-bond acceptors (Lipinski definition) is 7. The zero-order valence-corrected chi connectivity index (χ0v) is 13.6. The Kier molecular flexibility index (Phi) is 3.50. The molecule has 116 valence electrons. The number of rotatable bonds is 4. The van der Waals surface area contributed by atoms with Crippen molar-refractivity contribution in [2.45, 2.75) is 17.8 Å². The molecule has 0 aliphatic rings. The van der Waals surface area contributed by atoms with Crippen LogP contribution in [-0.4, -0.2) is 25.1 Å². The second kappa shape index (κ2) is 5.67. The van der Waals surface area contributed by atoms with Gasteiger partial charge in [-0.25, -0.2) is 9.97 Å². The van der Waals surface area contributed by atoms with Gasteiger partial charge in [-0.15, -0.1) is 0 Å². The summed E-state index contributed by atoms with van der Waals surface area (Å²) in [7, 11) is 0. The number of hydrogen-bond donors (Lipinski definition) is 2. The summed E-state index contributed by atoms with van der Waals surface area (Å²) >= 11 is 3.00. The Morgan fingerprint density at radius 2 is 2.30 bits per heavy atom. The first-order valence-electron chi connectivity index (χ1n) is 6.76. The van der Waals surface area contributed by atoms with Crippen molar-refractivity contribution in [1.29, 1.82) is 0 Å². The first-order valence-corrected chi connectivity index (χ1v) is 8.68. The van der Waals surface area contributed by atoms with Gasteiger partial charge >= 0.3 is 0 Å². The minimum Gasteiger partial charge on any atom is -0.441 e. The Balaban J connectivity index is 1.57. The van der Waals surface area contributed by atoms with Crippen LogP contribution in [0.4, 0.5) is 0 Å². The highest BCUT2D eigenvalue weighted by Crippen LogP contribution is 2.27. The van der Waals surface area contributed by atoms with E-state index < -0.39 is 0 Å². The highest BCUT2D eigenvalue weighted by Gasteiger charge is 2.13. The molecule has 9 heteroatoms. The van der Waals surface area contributed by atoms with Crippen LogP contribution in [0.5, 0.6) is 0 Å². The van der Waals surface area contributed by atoms with E-state index in [4.69, 9.17) is 4.42 Å². The van der Waals surface area contributed by atoms with E-state index in [1.807, 2.05) is 23.8 Å². The largest absolute Gasteiger partial charge is 0.441 e.